The molecule has 0 saturated heterocycles. The van der Waals surface area contributed by atoms with Crippen molar-refractivity contribution in [1.29, 1.82) is 0 Å². The molecule has 2 rings (SSSR count). The fourth-order valence-electron chi connectivity index (χ4n) is 2.17. The molecule has 0 aliphatic carbocycles. The van der Waals surface area contributed by atoms with Crippen molar-refractivity contribution in [1.82, 2.24) is 0 Å². The first-order valence-corrected chi connectivity index (χ1v) is 8.97. The van der Waals surface area contributed by atoms with Gasteiger partial charge in [0.1, 0.15) is 17.2 Å². The molecule has 0 aliphatic heterocycles. The SMILES string of the molecule is C=C(C)C(=O)Oc1ccc(-c2ccc(OC(=O)C(=C)C)cc2OC=C(C)C)cc1. The number of esters is 2. The van der Waals surface area contributed by atoms with Crippen molar-refractivity contribution in [2.24, 2.45) is 0 Å². The number of hydrogen-bond donors (Lipinski definition) is 0. The minimum Gasteiger partial charge on any atom is -0.464 e. The zero-order chi connectivity index (χ0) is 21.6. The number of allylic oxidation sites excluding steroid dienone is 1. The predicted molar refractivity (Wildman–Crippen MR) is 113 cm³/mol. The van der Waals surface area contributed by atoms with Gasteiger partial charge in [0.05, 0.1) is 6.26 Å². The van der Waals surface area contributed by atoms with Crippen LogP contribution >= 0.6 is 0 Å². The molecule has 0 amide bonds. The summed E-state index contributed by atoms with van der Waals surface area (Å²) in [6, 6.07) is 12.1. The molecule has 0 atom stereocenters. The summed E-state index contributed by atoms with van der Waals surface area (Å²) in [5, 5.41) is 0. The van der Waals surface area contributed by atoms with Gasteiger partial charge >= 0.3 is 11.9 Å². The highest BCUT2D eigenvalue weighted by molar-refractivity contribution is 5.89. The van der Waals surface area contributed by atoms with E-state index < -0.39 is 11.9 Å². The van der Waals surface area contributed by atoms with E-state index in [1.165, 1.54) is 0 Å². The van der Waals surface area contributed by atoms with Gasteiger partial charge < -0.3 is 14.2 Å². The topological polar surface area (TPSA) is 61.8 Å². The number of benzene rings is 2. The molecule has 29 heavy (non-hydrogen) atoms. The van der Waals surface area contributed by atoms with E-state index in [4.69, 9.17) is 14.2 Å². The summed E-state index contributed by atoms with van der Waals surface area (Å²) in [5.74, 6) is 0.306. The maximum absolute atomic E-state index is 11.8. The number of hydrogen-bond acceptors (Lipinski definition) is 5. The lowest BCUT2D eigenvalue weighted by atomic mass is 10.0. The summed E-state index contributed by atoms with van der Waals surface area (Å²) < 4.78 is 16.3. The molecule has 5 nitrogen and oxygen atoms in total. The second-order valence-electron chi connectivity index (χ2n) is 6.84. The average molecular weight is 392 g/mol. The van der Waals surface area contributed by atoms with Crippen molar-refractivity contribution < 1.29 is 23.8 Å². The smallest absolute Gasteiger partial charge is 0.338 e. The molecule has 5 heteroatoms. The Morgan fingerprint density at radius 1 is 0.793 bits per heavy atom. The summed E-state index contributed by atoms with van der Waals surface area (Å²) in [4.78, 5) is 23.4. The molecule has 0 aromatic heterocycles. The van der Waals surface area contributed by atoms with Crippen LogP contribution in [0, 0.1) is 0 Å². The largest absolute Gasteiger partial charge is 0.464 e. The van der Waals surface area contributed by atoms with Crippen LogP contribution in [0.2, 0.25) is 0 Å². The lowest BCUT2D eigenvalue weighted by molar-refractivity contribution is -0.130. The monoisotopic (exact) mass is 392 g/mol. The van der Waals surface area contributed by atoms with E-state index in [9.17, 15) is 9.59 Å². The summed E-state index contributed by atoms with van der Waals surface area (Å²) in [7, 11) is 0. The van der Waals surface area contributed by atoms with Crippen molar-refractivity contribution in [3.05, 3.63) is 78.6 Å². The summed E-state index contributed by atoms with van der Waals surface area (Å²) in [6.07, 6.45) is 1.62. The van der Waals surface area contributed by atoms with E-state index in [-0.39, 0.29) is 0 Å². The Bertz CT molecular complexity index is 977. The molecule has 0 unspecified atom stereocenters. The number of carbonyl (C=O) groups is 2. The Kier molecular flexibility index (Phi) is 7.15. The molecule has 0 aliphatic rings. The summed E-state index contributed by atoms with van der Waals surface area (Å²) in [5.41, 5.74) is 3.24. The number of rotatable bonds is 7. The molecule has 2 aromatic carbocycles. The minimum absolute atomic E-state index is 0.306. The third-order valence-electron chi connectivity index (χ3n) is 3.66. The molecule has 0 heterocycles. The number of ether oxygens (including phenoxy) is 3. The van der Waals surface area contributed by atoms with Crippen LogP contribution in [0.3, 0.4) is 0 Å². The summed E-state index contributed by atoms with van der Waals surface area (Å²) in [6.45, 7) is 14.1. The molecule has 0 saturated carbocycles. The molecular weight excluding hydrogens is 368 g/mol. The quantitative estimate of drug-likeness (QED) is 0.265. The van der Waals surface area contributed by atoms with Gasteiger partial charge in [0, 0.05) is 22.8 Å². The Morgan fingerprint density at radius 3 is 1.83 bits per heavy atom. The first kappa shape index (κ1) is 21.7. The lowest BCUT2D eigenvalue weighted by Crippen LogP contribution is -2.08. The molecular formula is C24H24O5. The standard InChI is InChI=1S/C24H24O5/c1-15(2)14-27-22-13-20(29-24(26)17(5)6)11-12-21(22)18-7-9-19(10-8-18)28-23(25)16(3)4/h7-14H,3,5H2,1-2,4,6H3. The highest BCUT2D eigenvalue weighted by Gasteiger charge is 2.12. The third kappa shape index (κ3) is 6.21. The maximum Gasteiger partial charge on any atom is 0.338 e. The van der Waals surface area contributed by atoms with Gasteiger partial charge in [-0.1, -0.05) is 25.3 Å². The first-order chi connectivity index (χ1) is 13.7. The Labute approximate surface area is 170 Å². The van der Waals surface area contributed by atoms with Crippen LogP contribution in [0.5, 0.6) is 17.2 Å². The predicted octanol–water partition coefficient (Wildman–Crippen LogP) is 5.62. The van der Waals surface area contributed by atoms with Crippen LogP contribution in [0.1, 0.15) is 27.7 Å². The fraction of sp³-hybridized carbons (Fsp3) is 0.167. The van der Waals surface area contributed by atoms with E-state index in [0.717, 1.165) is 16.7 Å². The number of carbonyl (C=O) groups excluding carboxylic acids is 2. The van der Waals surface area contributed by atoms with Crippen LogP contribution in [0.15, 0.2) is 78.6 Å². The van der Waals surface area contributed by atoms with Gasteiger partial charge in [0.15, 0.2) is 0 Å². The van der Waals surface area contributed by atoms with E-state index in [0.29, 0.717) is 28.4 Å². The van der Waals surface area contributed by atoms with Crippen molar-refractivity contribution in [3.8, 4) is 28.4 Å². The van der Waals surface area contributed by atoms with Gasteiger partial charge in [-0.25, -0.2) is 9.59 Å². The van der Waals surface area contributed by atoms with Crippen molar-refractivity contribution >= 4 is 11.9 Å². The maximum atomic E-state index is 11.8. The Morgan fingerprint density at radius 2 is 1.31 bits per heavy atom. The first-order valence-electron chi connectivity index (χ1n) is 8.97. The van der Waals surface area contributed by atoms with Crippen LogP contribution in [0.4, 0.5) is 0 Å². The second-order valence-corrected chi connectivity index (χ2v) is 6.84. The van der Waals surface area contributed by atoms with Gasteiger partial charge in [-0.05, 0) is 63.1 Å². The highest BCUT2D eigenvalue weighted by atomic mass is 16.5. The van der Waals surface area contributed by atoms with Crippen LogP contribution in [-0.2, 0) is 9.59 Å². The summed E-state index contributed by atoms with van der Waals surface area (Å²) >= 11 is 0. The average Bonchev–Trinajstić information content (AvgIpc) is 2.67. The van der Waals surface area contributed by atoms with Gasteiger partial charge in [0.25, 0.3) is 0 Å². The third-order valence-corrected chi connectivity index (χ3v) is 3.66. The van der Waals surface area contributed by atoms with Gasteiger partial charge in [-0.2, -0.15) is 0 Å². The Hall–Kier alpha value is -3.60. The van der Waals surface area contributed by atoms with Gasteiger partial charge in [0.2, 0.25) is 0 Å². The van der Waals surface area contributed by atoms with E-state index in [1.807, 2.05) is 26.0 Å². The van der Waals surface area contributed by atoms with Crippen LogP contribution in [0.25, 0.3) is 11.1 Å². The zero-order valence-corrected chi connectivity index (χ0v) is 17.1. The minimum atomic E-state index is -0.505. The molecule has 150 valence electrons. The van der Waals surface area contributed by atoms with Crippen molar-refractivity contribution in [2.75, 3.05) is 0 Å². The molecule has 0 fully saturated rings. The lowest BCUT2D eigenvalue weighted by Gasteiger charge is -2.12. The fourth-order valence-corrected chi connectivity index (χ4v) is 2.17. The highest BCUT2D eigenvalue weighted by Crippen LogP contribution is 2.35. The van der Waals surface area contributed by atoms with Gasteiger partial charge in [-0.3, -0.25) is 0 Å². The van der Waals surface area contributed by atoms with Crippen molar-refractivity contribution in [3.63, 3.8) is 0 Å². The van der Waals surface area contributed by atoms with E-state index in [1.54, 1.807) is 50.4 Å². The molecule has 0 bridgehead atoms. The molecule has 0 radical (unpaired) electrons. The normalized spacial score (nSPS) is 9.93. The Balaban J connectivity index is 2.35. The van der Waals surface area contributed by atoms with E-state index >= 15 is 0 Å². The van der Waals surface area contributed by atoms with Gasteiger partial charge in [-0.15, -0.1) is 0 Å². The molecule has 0 spiro atoms. The second kappa shape index (κ2) is 9.55. The van der Waals surface area contributed by atoms with Crippen molar-refractivity contribution in [2.45, 2.75) is 27.7 Å². The molecule has 2 aromatic rings. The van der Waals surface area contributed by atoms with E-state index in [2.05, 4.69) is 13.2 Å². The van der Waals surface area contributed by atoms with Crippen LogP contribution in [-0.4, -0.2) is 11.9 Å². The van der Waals surface area contributed by atoms with Crippen LogP contribution < -0.4 is 14.2 Å². The molecule has 0 N–H and O–H groups in total. The zero-order valence-electron chi connectivity index (χ0n) is 17.1.